The number of hydrogen-bond donors (Lipinski definition) is 4. The van der Waals surface area contributed by atoms with Gasteiger partial charge < -0.3 is 29.9 Å². The van der Waals surface area contributed by atoms with Crippen molar-refractivity contribution >= 4 is 0 Å². The van der Waals surface area contributed by atoms with Crippen molar-refractivity contribution in [3.8, 4) is 0 Å². The van der Waals surface area contributed by atoms with Gasteiger partial charge in [0.15, 0.2) is 5.79 Å². The summed E-state index contributed by atoms with van der Waals surface area (Å²) in [5.41, 5.74) is -1.78. The third kappa shape index (κ3) is 2.58. The molecule has 2 aliphatic heterocycles. The number of hydrogen-bond acceptors (Lipinski definition) is 6. The fourth-order valence-corrected chi connectivity index (χ4v) is 10.2. The molecule has 0 aromatic carbocycles. The number of aliphatic hydroxyl groups excluding tert-OH is 3. The molecule has 6 heteroatoms. The predicted octanol–water partition coefficient (Wildman–Crippen LogP) is 2.60. The lowest BCUT2D eigenvalue weighted by molar-refractivity contribution is -0.285. The van der Waals surface area contributed by atoms with Crippen LogP contribution in [0.2, 0.25) is 0 Å². The highest BCUT2D eigenvalue weighted by molar-refractivity contribution is 5.20. The molecule has 0 radical (unpaired) electrons. The first kappa shape index (κ1) is 22.2. The number of ether oxygens (including phenoxy) is 2. The monoisotopic (exact) mass is 450 g/mol. The molecular formula is C26H42O6. The molecule has 6 nitrogen and oxygen atoms in total. The SMILES string of the molecule is C[C@H]1C2C(CC3C4C[C@@H](O)[C@@]5(O)C[C@@H](O)[C@H](O)C[C@]5(C)C4CC[C@@]32C)OC12CCCCO2. The maximum Gasteiger partial charge on any atom is 0.171 e. The summed E-state index contributed by atoms with van der Waals surface area (Å²) in [4.78, 5) is 0. The smallest absolute Gasteiger partial charge is 0.171 e. The summed E-state index contributed by atoms with van der Waals surface area (Å²) in [5, 5.41) is 43.7. The summed E-state index contributed by atoms with van der Waals surface area (Å²) in [5.74, 6) is 1.43. The molecule has 13 atom stereocenters. The van der Waals surface area contributed by atoms with Crippen molar-refractivity contribution in [3.05, 3.63) is 0 Å². The summed E-state index contributed by atoms with van der Waals surface area (Å²) in [6, 6.07) is 0. The molecule has 0 aromatic rings. The van der Waals surface area contributed by atoms with E-state index in [-0.39, 0.29) is 23.9 Å². The molecule has 2 saturated heterocycles. The van der Waals surface area contributed by atoms with E-state index < -0.39 is 35.1 Å². The fraction of sp³-hybridized carbons (Fsp3) is 1.00. The zero-order chi connectivity index (χ0) is 22.7. The maximum atomic E-state index is 11.7. The lowest BCUT2D eigenvalue weighted by atomic mass is 9.42. The molecule has 6 unspecified atom stereocenters. The lowest BCUT2D eigenvalue weighted by Crippen LogP contribution is -2.70. The van der Waals surface area contributed by atoms with Gasteiger partial charge in [0.2, 0.25) is 0 Å². The van der Waals surface area contributed by atoms with E-state index in [4.69, 9.17) is 9.47 Å². The fourth-order valence-electron chi connectivity index (χ4n) is 10.2. The molecule has 6 rings (SSSR count). The van der Waals surface area contributed by atoms with Crippen LogP contribution in [0.4, 0.5) is 0 Å². The van der Waals surface area contributed by atoms with Crippen LogP contribution < -0.4 is 0 Å². The standard InChI is InChI=1S/C26H42O6/c1-14-22-20(32-26(14)7-4-5-9-31-26)11-17-15-10-21(29)25(30)13-19(28)18(27)12-24(25,3)16(15)6-8-23(17,22)2/h14-22,27-30H,4-13H2,1-3H3/t14-,15?,16?,17?,18+,19+,20?,21+,22?,23-,24+,25-,26?/m0/s1. The lowest BCUT2D eigenvalue weighted by Gasteiger charge is -2.65. The number of fused-ring (bicyclic) bond motifs is 7. The topological polar surface area (TPSA) is 99.4 Å². The van der Waals surface area contributed by atoms with Crippen molar-refractivity contribution in [1.29, 1.82) is 0 Å². The maximum absolute atomic E-state index is 11.7. The van der Waals surface area contributed by atoms with Crippen LogP contribution in [0.1, 0.15) is 78.6 Å². The zero-order valence-corrected chi connectivity index (χ0v) is 19.9. The number of rotatable bonds is 0. The first-order chi connectivity index (χ1) is 15.1. The van der Waals surface area contributed by atoms with Crippen LogP contribution in [0, 0.1) is 40.4 Å². The molecule has 2 heterocycles. The normalized spacial score (nSPS) is 64.0. The highest BCUT2D eigenvalue weighted by Gasteiger charge is 2.72. The molecule has 0 aromatic heterocycles. The molecule has 4 N–H and O–H groups in total. The van der Waals surface area contributed by atoms with Crippen LogP contribution in [-0.4, -0.2) is 62.8 Å². The Morgan fingerprint density at radius 2 is 1.66 bits per heavy atom. The van der Waals surface area contributed by atoms with Gasteiger partial charge in [0, 0.05) is 24.2 Å². The molecule has 0 amide bonds. The molecule has 0 bridgehead atoms. The highest BCUT2D eigenvalue weighted by Crippen LogP contribution is 2.71. The average molecular weight is 451 g/mol. The van der Waals surface area contributed by atoms with Crippen molar-refractivity contribution in [2.75, 3.05) is 6.61 Å². The summed E-state index contributed by atoms with van der Waals surface area (Å²) < 4.78 is 13.1. The van der Waals surface area contributed by atoms with E-state index in [0.29, 0.717) is 36.5 Å². The molecule has 6 aliphatic rings. The third-order valence-corrected chi connectivity index (χ3v) is 11.8. The van der Waals surface area contributed by atoms with Crippen molar-refractivity contribution < 1.29 is 29.9 Å². The second-order valence-electron chi connectivity index (χ2n) is 12.9. The molecule has 6 fully saturated rings. The summed E-state index contributed by atoms with van der Waals surface area (Å²) in [6.45, 7) is 7.65. The Morgan fingerprint density at radius 3 is 2.38 bits per heavy atom. The highest BCUT2D eigenvalue weighted by atomic mass is 16.7. The van der Waals surface area contributed by atoms with Crippen LogP contribution in [0.15, 0.2) is 0 Å². The Bertz CT molecular complexity index is 767. The van der Waals surface area contributed by atoms with Crippen LogP contribution in [0.5, 0.6) is 0 Å². The zero-order valence-electron chi connectivity index (χ0n) is 19.9. The largest absolute Gasteiger partial charge is 0.390 e. The van der Waals surface area contributed by atoms with Crippen molar-refractivity contribution in [3.63, 3.8) is 0 Å². The van der Waals surface area contributed by atoms with E-state index >= 15 is 0 Å². The molecule has 32 heavy (non-hydrogen) atoms. The second-order valence-corrected chi connectivity index (χ2v) is 12.9. The van der Waals surface area contributed by atoms with E-state index in [1.54, 1.807) is 0 Å². The first-order valence-electron chi connectivity index (χ1n) is 13.1. The van der Waals surface area contributed by atoms with Crippen LogP contribution >= 0.6 is 0 Å². The first-order valence-corrected chi connectivity index (χ1v) is 13.1. The van der Waals surface area contributed by atoms with Gasteiger partial charge in [-0.2, -0.15) is 0 Å². The van der Waals surface area contributed by atoms with E-state index in [2.05, 4.69) is 20.8 Å². The average Bonchev–Trinajstić information content (AvgIpc) is 3.17. The second kappa shape index (κ2) is 6.92. The molecular weight excluding hydrogens is 408 g/mol. The minimum atomic E-state index is -1.33. The van der Waals surface area contributed by atoms with Crippen LogP contribution in [0.3, 0.4) is 0 Å². The van der Waals surface area contributed by atoms with Gasteiger partial charge in [0.25, 0.3) is 0 Å². The van der Waals surface area contributed by atoms with E-state index in [9.17, 15) is 20.4 Å². The summed E-state index contributed by atoms with van der Waals surface area (Å²) in [6.07, 6.45) is 4.89. The quantitative estimate of drug-likeness (QED) is 0.453. The van der Waals surface area contributed by atoms with Crippen molar-refractivity contribution in [1.82, 2.24) is 0 Å². The van der Waals surface area contributed by atoms with Gasteiger partial charge in [-0.05, 0) is 74.0 Å². The Hall–Kier alpha value is -0.240. The Labute approximate surface area is 191 Å². The predicted molar refractivity (Wildman–Crippen MR) is 117 cm³/mol. The van der Waals surface area contributed by atoms with E-state index in [1.165, 1.54) is 6.42 Å². The Kier molecular flexibility index (Phi) is 4.81. The Morgan fingerprint density at radius 1 is 0.906 bits per heavy atom. The van der Waals surface area contributed by atoms with Gasteiger partial charge in [-0.25, -0.2) is 0 Å². The van der Waals surface area contributed by atoms with Crippen molar-refractivity contribution in [2.24, 2.45) is 40.4 Å². The third-order valence-electron chi connectivity index (χ3n) is 11.8. The van der Waals surface area contributed by atoms with Gasteiger partial charge >= 0.3 is 0 Å². The molecule has 4 aliphatic carbocycles. The van der Waals surface area contributed by atoms with Crippen molar-refractivity contribution in [2.45, 2.75) is 114 Å². The van der Waals surface area contributed by atoms with E-state index in [0.717, 1.165) is 38.7 Å². The van der Waals surface area contributed by atoms with Gasteiger partial charge in [-0.1, -0.05) is 20.8 Å². The van der Waals surface area contributed by atoms with Gasteiger partial charge in [-0.15, -0.1) is 0 Å². The molecule has 4 saturated carbocycles. The minimum absolute atomic E-state index is 0.0578. The van der Waals surface area contributed by atoms with Crippen LogP contribution in [0.25, 0.3) is 0 Å². The van der Waals surface area contributed by atoms with Gasteiger partial charge in [0.05, 0.1) is 36.6 Å². The molecule has 1 spiro atoms. The summed E-state index contributed by atoms with van der Waals surface area (Å²) in [7, 11) is 0. The van der Waals surface area contributed by atoms with Crippen LogP contribution in [-0.2, 0) is 9.47 Å². The minimum Gasteiger partial charge on any atom is -0.390 e. The molecule has 182 valence electrons. The number of aliphatic hydroxyl groups is 4. The van der Waals surface area contributed by atoms with E-state index in [1.807, 2.05) is 0 Å². The summed E-state index contributed by atoms with van der Waals surface area (Å²) >= 11 is 0. The van der Waals surface area contributed by atoms with Gasteiger partial charge in [0.1, 0.15) is 0 Å². The van der Waals surface area contributed by atoms with Gasteiger partial charge in [-0.3, -0.25) is 0 Å². The Balaban J connectivity index is 1.32.